The van der Waals surface area contributed by atoms with Gasteiger partial charge in [0.2, 0.25) is 0 Å². The molecule has 1 amide bonds. The minimum Gasteiger partial charge on any atom is -0.338 e. The van der Waals surface area contributed by atoms with Gasteiger partial charge in [0.15, 0.2) is 0 Å². The Bertz CT molecular complexity index is 644. The molecule has 0 bridgehead atoms. The van der Waals surface area contributed by atoms with Gasteiger partial charge in [-0.3, -0.25) is 4.79 Å². The zero-order valence-electron chi connectivity index (χ0n) is 11.7. The molecule has 0 unspecified atom stereocenters. The average molecular weight is 334 g/mol. The van der Waals surface area contributed by atoms with Gasteiger partial charge in [-0.2, -0.15) is 0 Å². The Balaban J connectivity index is 2.28. The third-order valence-electron chi connectivity index (χ3n) is 3.40. The first-order valence-corrected chi connectivity index (χ1v) is 9.17. The predicted octanol–water partition coefficient (Wildman–Crippen LogP) is 3.02. The summed E-state index contributed by atoms with van der Waals surface area (Å²) in [5, 5.41) is 0. The highest BCUT2D eigenvalue weighted by molar-refractivity contribution is 8.13. The molecule has 0 atom stereocenters. The molecule has 1 saturated carbocycles. The van der Waals surface area contributed by atoms with Crippen molar-refractivity contribution in [3.8, 4) is 0 Å². The van der Waals surface area contributed by atoms with E-state index in [2.05, 4.69) is 0 Å². The number of nitrogens with zero attached hydrogens (tertiary/aromatic N) is 1. The van der Waals surface area contributed by atoms with Crippen LogP contribution < -0.4 is 0 Å². The molecule has 1 aliphatic rings. The van der Waals surface area contributed by atoms with E-state index in [4.69, 9.17) is 10.7 Å². The highest BCUT2D eigenvalue weighted by Crippen LogP contribution is 2.30. The van der Waals surface area contributed by atoms with Crippen LogP contribution in [0.4, 0.5) is 4.39 Å². The molecule has 0 heterocycles. The number of halogens is 2. The van der Waals surface area contributed by atoms with Gasteiger partial charge < -0.3 is 4.90 Å². The van der Waals surface area contributed by atoms with Gasteiger partial charge in [0.25, 0.3) is 15.0 Å². The van der Waals surface area contributed by atoms with E-state index >= 15 is 0 Å². The predicted molar refractivity (Wildman–Crippen MR) is 78.4 cm³/mol. The fourth-order valence-electron chi connectivity index (χ4n) is 2.16. The first-order chi connectivity index (χ1) is 9.82. The zero-order valence-corrected chi connectivity index (χ0v) is 13.3. The molecule has 4 nitrogen and oxygen atoms in total. The summed E-state index contributed by atoms with van der Waals surface area (Å²) < 4.78 is 36.1. The first kappa shape index (κ1) is 16.2. The highest BCUT2D eigenvalue weighted by atomic mass is 35.7. The molecule has 116 valence electrons. The lowest BCUT2D eigenvalue weighted by Crippen LogP contribution is -2.33. The second kappa shape index (κ2) is 6.32. The Kier molecular flexibility index (Phi) is 4.88. The van der Waals surface area contributed by atoms with E-state index in [-0.39, 0.29) is 11.5 Å². The molecule has 0 aliphatic heterocycles. The largest absolute Gasteiger partial charge is 0.338 e. The van der Waals surface area contributed by atoms with Crippen LogP contribution in [0.2, 0.25) is 0 Å². The van der Waals surface area contributed by atoms with Crippen molar-refractivity contribution < 1.29 is 17.6 Å². The van der Waals surface area contributed by atoms with Gasteiger partial charge in [-0.05, 0) is 43.4 Å². The van der Waals surface area contributed by atoms with Crippen LogP contribution in [-0.2, 0) is 9.05 Å². The Labute approximate surface area is 128 Å². The van der Waals surface area contributed by atoms with Crippen molar-refractivity contribution in [1.29, 1.82) is 0 Å². The number of carbonyl (C=O) groups is 1. The van der Waals surface area contributed by atoms with E-state index in [1.54, 1.807) is 4.90 Å². The molecular weight excluding hydrogens is 317 g/mol. The van der Waals surface area contributed by atoms with Crippen molar-refractivity contribution in [2.45, 2.75) is 31.1 Å². The topological polar surface area (TPSA) is 54.5 Å². The molecule has 21 heavy (non-hydrogen) atoms. The van der Waals surface area contributed by atoms with Crippen molar-refractivity contribution in [2.75, 3.05) is 13.1 Å². The van der Waals surface area contributed by atoms with Gasteiger partial charge in [-0.1, -0.05) is 6.92 Å². The van der Waals surface area contributed by atoms with Crippen LogP contribution in [0.5, 0.6) is 0 Å². The maximum Gasteiger partial charge on any atom is 0.264 e. The molecule has 1 aromatic rings. The van der Waals surface area contributed by atoms with Gasteiger partial charge in [-0.25, -0.2) is 12.8 Å². The van der Waals surface area contributed by atoms with Gasteiger partial charge in [0, 0.05) is 29.3 Å². The number of hydrogen-bond acceptors (Lipinski definition) is 3. The number of carbonyl (C=O) groups excluding carboxylic acids is 1. The molecule has 0 N–H and O–H groups in total. The molecular formula is C14H17ClFNO3S. The quantitative estimate of drug-likeness (QED) is 0.752. The van der Waals surface area contributed by atoms with Crippen molar-refractivity contribution in [2.24, 2.45) is 5.92 Å². The van der Waals surface area contributed by atoms with E-state index in [9.17, 15) is 17.6 Å². The number of hydrogen-bond donors (Lipinski definition) is 0. The maximum absolute atomic E-state index is 13.5. The average Bonchev–Trinajstić information content (AvgIpc) is 3.20. The van der Waals surface area contributed by atoms with Gasteiger partial charge >= 0.3 is 0 Å². The van der Waals surface area contributed by atoms with Crippen LogP contribution >= 0.6 is 10.7 Å². The molecule has 1 aliphatic carbocycles. The molecule has 7 heteroatoms. The lowest BCUT2D eigenvalue weighted by atomic mass is 10.1. The van der Waals surface area contributed by atoms with Crippen LogP contribution in [-0.4, -0.2) is 32.3 Å². The molecule has 0 spiro atoms. The van der Waals surface area contributed by atoms with Gasteiger partial charge in [-0.15, -0.1) is 0 Å². The summed E-state index contributed by atoms with van der Waals surface area (Å²) in [6, 6.07) is 3.26. The fourth-order valence-corrected chi connectivity index (χ4v) is 3.09. The minimum atomic E-state index is -4.21. The molecule has 0 saturated heterocycles. The van der Waals surface area contributed by atoms with Crippen LogP contribution in [0.1, 0.15) is 36.5 Å². The molecule has 1 aromatic carbocycles. The van der Waals surface area contributed by atoms with Crippen molar-refractivity contribution in [1.82, 2.24) is 4.90 Å². The van der Waals surface area contributed by atoms with Crippen molar-refractivity contribution in [3.63, 3.8) is 0 Å². The fraction of sp³-hybridized carbons (Fsp3) is 0.500. The zero-order chi connectivity index (χ0) is 15.6. The molecule has 2 rings (SSSR count). The summed E-state index contributed by atoms with van der Waals surface area (Å²) >= 11 is 0. The first-order valence-electron chi connectivity index (χ1n) is 6.86. The van der Waals surface area contributed by atoms with Crippen LogP contribution in [0.15, 0.2) is 23.1 Å². The van der Waals surface area contributed by atoms with E-state index in [0.717, 1.165) is 31.4 Å². The second-order valence-corrected chi connectivity index (χ2v) is 7.81. The third-order valence-corrected chi connectivity index (χ3v) is 4.73. The molecule has 0 aromatic heterocycles. The highest BCUT2D eigenvalue weighted by Gasteiger charge is 2.27. The monoisotopic (exact) mass is 333 g/mol. The normalized spacial score (nSPS) is 15.0. The lowest BCUT2D eigenvalue weighted by Gasteiger charge is -2.22. The van der Waals surface area contributed by atoms with E-state index in [0.29, 0.717) is 19.0 Å². The van der Waals surface area contributed by atoms with Crippen LogP contribution in [0.3, 0.4) is 0 Å². The summed E-state index contributed by atoms with van der Waals surface area (Å²) in [5.41, 5.74) is 0.143. The Morgan fingerprint density at radius 1 is 1.43 bits per heavy atom. The standard InChI is InChI=1S/C14H17ClFNO3S/c1-2-7-17(9-10-3-4-10)14(18)11-5-6-12(16)13(8-11)21(15,19)20/h5-6,8,10H,2-4,7,9H2,1H3. The lowest BCUT2D eigenvalue weighted by molar-refractivity contribution is 0.0747. The third kappa shape index (κ3) is 4.17. The SMILES string of the molecule is CCCN(CC1CC1)C(=O)c1ccc(F)c(S(=O)(=O)Cl)c1. The van der Waals surface area contributed by atoms with Gasteiger partial charge in [0.1, 0.15) is 10.7 Å². The second-order valence-electron chi connectivity index (χ2n) is 5.28. The summed E-state index contributed by atoms with van der Waals surface area (Å²) in [4.78, 5) is 13.5. The maximum atomic E-state index is 13.5. The number of benzene rings is 1. The number of amides is 1. The minimum absolute atomic E-state index is 0.143. The molecule has 0 radical (unpaired) electrons. The summed E-state index contributed by atoms with van der Waals surface area (Å²) in [6.07, 6.45) is 3.02. The van der Waals surface area contributed by atoms with Crippen LogP contribution in [0, 0.1) is 11.7 Å². The van der Waals surface area contributed by atoms with Gasteiger partial charge in [0.05, 0.1) is 0 Å². The van der Waals surface area contributed by atoms with E-state index in [1.807, 2.05) is 6.92 Å². The Morgan fingerprint density at radius 3 is 2.62 bits per heavy atom. The number of rotatable bonds is 6. The Morgan fingerprint density at radius 2 is 2.10 bits per heavy atom. The molecule has 1 fully saturated rings. The van der Waals surface area contributed by atoms with E-state index in [1.165, 1.54) is 6.07 Å². The van der Waals surface area contributed by atoms with E-state index < -0.39 is 19.8 Å². The Hall–Kier alpha value is -1.14. The van der Waals surface area contributed by atoms with Crippen molar-refractivity contribution >= 4 is 25.6 Å². The summed E-state index contributed by atoms with van der Waals surface area (Å²) in [5.74, 6) is -0.715. The van der Waals surface area contributed by atoms with Crippen LogP contribution in [0.25, 0.3) is 0 Å². The smallest absolute Gasteiger partial charge is 0.264 e. The summed E-state index contributed by atoms with van der Waals surface area (Å²) in [6.45, 7) is 3.22. The summed E-state index contributed by atoms with van der Waals surface area (Å²) in [7, 11) is 0.971. The van der Waals surface area contributed by atoms with Crippen molar-refractivity contribution in [3.05, 3.63) is 29.6 Å².